The van der Waals surface area contributed by atoms with E-state index in [1.54, 1.807) is 25.3 Å². The first-order valence-corrected chi connectivity index (χ1v) is 13.7. The van der Waals surface area contributed by atoms with Crippen LogP contribution in [-0.4, -0.2) is 53.6 Å². The van der Waals surface area contributed by atoms with E-state index in [0.29, 0.717) is 35.1 Å². The number of nitrogens with one attached hydrogen (secondary N) is 2. The Hall–Kier alpha value is -3.17. The highest BCUT2D eigenvalue weighted by Gasteiger charge is 2.34. The predicted octanol–water partition coefficient (Wildman–Crippen LogP) is 5.01. The van der Waals surface area contributed by atoms with Crippen molar-refractivity contribution in [2.45, 2.75) is 58.6 Å². The predicted molar refractivity (Wildman–Crippen MR) is 155 cm³/mol. The van der Waals surface area contributed by atoms with Crippen molar-refractivity contribution in [2.24, 2.45) is 5.92 Å². The molecule has 1 fully saturated rings. The maximum Gasteiger partial charge on any atom is 0.324 e. The SMILES string of the molecule is CC[C@@H](NC(=O)N1CC(=S)NC[C@@H](Cc2cc(Cl)ccc2OC)C1=O)c1ccc(CC(=O)OC(C)(C)C)cc1. The first-order valence-electron chi connectivity index (χ1n) is 12.9. The summed E-state index contributed by atoms with van der Waals surface area (Å²) < 4.78 is 10.8. The van der Waals surface area contributed by atoms with Gasteiger partial charge in [-0.1, -0.05) is 55.0 Å². The Morgan fingerprint density at radius 2 is 1.90 bits per heavy atom. The fourth-order valence-corrected chi connectivity index (χ4v) is 4.79. The number of nitrogens with zero attached hydrogens (tertiary/aromatic N) is 1. The third-order valence-corrected chi connectivity index (χ3v) is 6.78. The van der Waals surface area contributed by atoms with Crippen LogP contribution in [-0.2, 0) is 27.2 Å². The van der Waals surface area contributed by atoms with Crippen LogP contribution >= 0.6 is 23.8 Å². The molecule has 3 amide bonds. The second kappa shape index (κ2) is 13.3. The van der Waals surface area contributed by atoms with Crippen LogP contribution < -0.4 is 15.4 Å². The monoisotopic (exact) mass is 573 g/mol. The van der Waals surface area contributed by atoms with Crippen LogP contribution in [0.15, 0.2) is 42.5 Å². The molecule has 2 N–H and O–H groups in total. The summed E-state index contributed by atoms with van der Waals surface area (Å²) in [7, 11) is 1.56. The Morgan fingerprint density at radius 1 is 1.21 bits per heavy atom. The van der Waals surface area contributed by atoms with Gasteiger partial charge in [0.1, 0.15) is 11.4 Å². The minimum absolute atomic E-state index is 0.00551. The van der Waals surface area contributed by atoms with Crippen molar-refractivity contribution in [3.05, 3.63) is 64.2 Å². The number of imide groups is 1. The van der Waals surface area contributed by atoms with Crippen molar-refractivity contribution in [3.8, 4) is 5.75 Å². The number of hydrogen-bond acceptors (Lipinski definition) is 6. The number of ether oxygens (including phenoxy) is 2. The number of carbonyl (C=O) groups is 3. The molecule has 0 radical (unpaired) electrons. The zero-order chi connectivity index (χ0) is 28.7. The van der Waals surface area contributed by atoms with E-state index >= 15 is 0 Å². The number of hydrogen-bond donors (Lipinski definition) is 2. The van der Waals surface area contributed by atoms with Gasteiger partial charge in [-0.15, -0.1) is 0 Å². The van der Waals surface area contributed by atoms with Crippen LogP contribution in [0, 0.1) is 5.92 Å². The van der Waals surface area contributed by atoms with E-state index in [1.807, 2.05) is 52.0 Å². The van der Waals surface area contributed by atoms with Crippen LogP contribution in [0.25, 0.3) is 0 Å². The number of esters is 1. The van der Waals surface area contributed by atoms with Gasteiger partial charge < -0.3 is 20.1 Å². The summed E-state index contributed by atoms with van der Waals surface area (Å²) in [5.74, 6) is -0.554. The van der Waals surface area contributed by atoms with Crippen molar-refractivity contribution in [1.29, 1.82) is 0 Å². The Kier molecular flexibility index (Phi) is 10.3. The fourth-order valence-electron chi connectivity index (χ4n) is 4.39. The van der Waals surface area contributed by atoms with E-state index in [1.165, 1.54) is 4.90 Å². The molecule has 1 aliphatic rings. The average Bonchev–Trinajstić information content (AvgIpc) is 3.00. The van der Waals surface area contributed by atoms with Gasteiger partial charge in [0.2, 0.25) is 5.91 Å². The number of benzene rings is 2. The normalized spacial score (nSPS) is 16.7. The molecule has 0 saturated carbocycles. The van der Waals surface area contributed by atoms with Crippen molar-refractivity contribution in [1.82, 2.24) is 15.5 Å². The Morgan fingerprint density at radius 3 is 2.51 bits per heavy atom. The highest BCUT2D eigenvalue weighted by molar-refractivity contribution is 7.80. The standard InChI is InChI=1S/C29H36ClN3O5S/c1-6-23(19-9-7-18(8-10-19)13-26(34)38-29(2,3)4)32-28(36)33-17-25(39)31-16-21(27(33)35)14-20-15-22(30)11-12-24(20)37-5/h7-12,15,21,23H,6,13-14,16-17H2,1-5H3,(H,31,39)(H,32,36)/t21-,23-/m1/s1. The minimum Gasteiger partial charge on any atom is -0.496 e. The quantitative estimate of drug-likeness (QED) is 0.338. The van der Waals surface area contributed by atoms with Gasteiger partial charge in [-0.2, -0.15) is 0 Å². The topological polar surface area (TPSA) is 97.0 Å². The lowest BCUT2D eigenvalue weighted by atomic mass is 9.97. The summed E-state index contributed by atoms with van der Waals surface area (Å²) in [5, 5.41) is 6.61. The van der Waals surface area contributed by atoms with Gasteiger partial charge in [0.25, 0.3) is 0 Å². The molecule has 210 valence electrons. The first-order chi connectivity index (χ1) is 18.4. The maximum absolute atomic E-state index is 13.5. The number of urea groups is 1. The van der Waals surface area contributed by atoms with Gasteiger partial charge in [-0.25, -0.2) is 4.79 Å². The van der Waals surface area contributed by atoms with Gasteiger partial charge >= 0.3 is 12.0 Å². The molecular weight excluding hydrogens is 538 g/mol. The molecule has 10 heteroatoms. The first kappa shape index (κ1) is 30.4. The Labute approximate surface area is 240 Å². The molecule has 1 heterocycles. The smallest absolute Gasteiger partial charge is 0.324 e. The summed E-state index contributed by atoms with van der Waals surface area (Å²) in [4.78, 5) is 40.6. The molecule has 2 aromatic carbocycles. The molecule has 0 bridgehead atoms. The van der Waals surface area contributed by atoms with Crippen LogP contribution in [0.5, 0.6) is 5.75 Å². The highest BCUT2D eigenvalue weighted by atomic mass is 35.5. The van der Waals surface area contributed by atoms with Crippen molar-refractivity contribution in [2.75, 3.05) is 20.2 Å². The number of carbonyl (C=O) groups excluding carboxylic acids is 3. The second-order valence-electron chi connectivity index (χ2n) is 10.5. The molecule has 2 aromatic rings. The molecule has 0 aliphatic carbocycles. The highest BCUT2D eigenvalue weighted by Crippen LogP contribution is 2.27. The van der Waals surface area contributed by atoms with Crippen molar-refractivity contribution in [3.63, 3.8) is 0 Å². The maximum atomic E-state index is 13.5. The van der Waals surface area contributed by atoms with Gasteiger partial charge in [0.05, 0.1) is 37.0 Å². The molecular formula is C29H36ClN3O5S. The van der Waals surface area contributed by atoms with Crippen LogP contribution in [0.3, 0.4) is 0 Å². The number of halogens is 1. The summed E-state index contributed by atoms with van der Waals surface area (Å²) in [6.45, 7) is 7.73. The number of thiocarbonyl (C=S) groups is 1. The molecule has 0 spiro atoms. The third-order valence-electron chi connectivity index (χ3n) is 6.27. The molecule has 0 unspecified atom stereocenters. The molecule has 1 aliphatic heterocycles. The van der Waals surface area contributed by atoms with Crippen LogP contribution in [0.2, 0.25) is 5.02 Å². The molecule has 1 saturated heterocycles. The molecule has 2 atom stereocenters. The molecule has 39 heavy (non-hydrogen) atoms. The van der Waals surface area contributed by atoms with E-state index in [0.717, 1.165) is 16.7 Å². The summed E-state index contributed by atoms with van der Waals surface area (Å²) in [6, 6.07) is 11.8. The third kappa shape index (κ3) is 8.66. The van der Waals surface area contributed by atoms with E-state index in [9.17, 15) is 14.4 Å². The van der Waals surface area contributed by atoms with Crippen LogP contribution in [0.1, 0.15) is 56.8 Å². The number of amides is 3. The Bertz CT molecular complexity index is 1210. The molecule has 8 nitrogen and oxygen atoms in total. The van der Waals surface area contributed by atoms with Gasteiger partial charge in [-0.3, -0.25) is 14.5 Å². The van der Waals surface area contributed by atoms with Gasteiger partial charge in [0, 0.05) is 11.6 Å². The van der Waals surface area contributed by atoms with Crippen LogP contribution in [0.4, 0.5) is 4.79 Å². The van der Waals surface area contributed by atoms with Crippen molar-refractivity contribution < 1.29 is 23.9 Å². The van der Waals surface area contributed by atoms with E-state index < -0.39 is 17.6 Å². The largest absolute Gasteiger partial charge is 0.496 e. The van der Waals surface area contributed by atoms with E-state index in [2.05, 4.69) is 10.6 Å². The van der Waals surface area contributed by atoms with Crippen molar-refractivity contribution >= 4 is 46.7 Å². The summed E-state index contributed by atoms with van der Waals surface area (Å²) in [5.41, 5.74) is 1.90. The zero-order valence-corrected chi connectivity index (χ0v) is 24.6. The number of rotatable bonds is 8. The minimum atomic E-state index is -0.546. The molecule has 0 aromatic heterocycles. The summed E-state index contributed by atoms with van der Waals surface area (Å²) in [6.07, 6.45) is 1.09. The lowest BCUT2D eigenvalue weighted by molar-refractivity contribution is -0.153. The lowest BCUT2D eigenvalue weighted by Crippen LogP contribution is -2.48. The lowest BCUT2D eigenvalue weighted by Gasteiger charge is -2.26. The van der Waals surface area contributed by atoms with E-state index in [-0.39, 0.29) is 30.9 Å². The number of methoxy groups -OCH3 is 1. The summed E-state index contributed by atoms with van der Waals surface area (Å²) >= 11 is 11.6. The van der Waals surface area contributed by atoms with Gasteiger partial charge in [0.15, 0.2) is 0 Å². The fraction of sp³-hybridized carbons (Fsp3) is 0.448. The zero-order valence-electron chi connectivity index (χ0n) is 23.0. The van der Waals surface area contributed by atoms with E-state index in [4.69, 9.17) is 33.3 Å². The Balaban J connectivity index is 1.71. The van der Waals surface area contributed by atoms with Gasteiger partial charge in [-0.05, 0) is 68.5 Å². The molecule has 3 rings (SSSR count). The average molecular weight is 574 g/mol. The second-order valence-corrected chi connectivity index (χ2v) is 11.4.